The molecule has 0 saturated heterocycles. The van der Waals surface area contributed by atoms with Crippen molar-refractivity contribution in [1.29, 1.82) is 0 Å². The van der Waals surface area contributed by atoms with Crippen LogP contribution in [0.4, 0.5) is 10.1 Å². The van der Waals surface area contributed by atoms with Gasteiger partial charge in [0, 0.05) is 5.69 Å². The summed E-state index contributed by atoms with van der Waals surface area (Å²) < 4.78 is 13.0. The van der Waals surface area contributed by atoms with Crippen LogP contribution in [0.5, 0.6) is 0 Å². The SMILES string of the molecule is CC(C)c1ccc(F)cc1NC(=S)NN. The number of nitrogens with two attached hydrogens (primary N) is 1. The Kier molecular flexibility index (Phi) is 3.99. The average Bonchev–Trinajstić information content (AvgIpc) is 2.17. The van der Waals surface area contributed by atoms with Crippen LogP contribution >= 0.6 is 12.2 Å². The minimum Gasteiger partial charge on any atom is -0.331 e. The van der Waals surface area contributed by atoms with Gasteiger partial charge in [0.15, 0.2) is 5.11 Å². The monoisotopic (exact) mass is 227 g/mol. The molecule has 0 bridgehead atoms. The van der Waals surface area contributed by atoms with Crippen molar-refractivity contribution >= 4 is 23.0 Å². The van der Waals surface area contributed by atoms with Gasteiger partial charge in [0.25, 0.3) is 0 Å². The highest BCUT2D eigenvalue weighted by molar-refractivity contribution is 7.80. The maximum atomic E-state index is 13.0. The van der Waals surface area contributed by atoms with Crippen molar-refractivity contribution in [3.05, 3.63) is 29.6 Å². The van der Waals surface area contributed by atoms with Gasteiger partial charge in [-0.3, -0.25) is 0 Å². The van der Waals surface area contributed by atoms with Gasteiger partial charge < -0.3 is 10.7 Å². The van der Waals surface area contributed by atoms with E-state index >= 15 is 0 Å². The Balaban J connectivity index is 3.02. The van der Waals surface area contributed by atoms with Crippen molar-refractivity contribution in [3.63, 3.8) is 0 Å². The Morgan fingerprint density at radius 2 is 2.13 bits per heavy atom. The molecule has 0 fully saturated rings. The van der Waals surface area contributed by atoms with Gasteiger partial charge in [-0.15, -0.1) is 0 Å². The fraction of sp³-hybridized carbons (Fsp3) is 0.300. The molecule has 15 heavy (non-hydrogen) atoms. The third kappa shape index (κ3) is 3.14. The second-order valence-electron chi connectivity index (χ2n) is 3.48. The molecule has 1 aromatic carbocycles. The van der Waals surface area contributed by atoms with Gasteiger partial charge in [-0.2, -0.15) is 0 Å². The Morgan fingerprint density at radius 3 is 2.67 bits per heavy atom. The lowest BCUT2D eigenvalue weighted by atomic mass is 10.0. The highest BCUT2D eigenvalue weighted by Gasteiger charge is 2.08. The summed E-state index contributed by atoms with van der Waals surface area (Å²) >= 11 is 4.86. The molecule has 1 rings (SSSR count). The van der Waals surface area contributed by atoms with Gasteiger partial charge in [0.05, 0.1) is 0 Å². The number of hydrazine groups is 1. The lowest BCUT2D eigenvalue weighted by Gasteiger charge is -2.14. The van der Waals surface area contributed by atoms with Crippen LogP contribution in [0.1, 0.15) is 25.3 Å². The zero-order chi connectivity index (χ0) is 11.4. The lowest BCUT2D eigenvalue weighted by molar-refractivity contribution is 0.627. The molecule has 0 radical (unpaired) electrons. The Hall–Kier alpha value is -1.20. The molecule has 0 unspecified atom stereocenters. The second kappa shape index (κ2) is 5.04. The Labute approximate surface area is 93.8 Å². The van der Waals surface area contributed by atoms with Gasteiger partial charge >= 0.3 is 0 Å². The number of rotatable bonds is 2. The topological polar surface area (TPSA) is 50.1 Å². The maximum Gasteiger partial charge on any atom is 0.185 e. The summed E-state index contributed by atoms with van der Waals surface area (Å²) in [6.45, 7) is 4.05. The molecule has 0 aliphatic heterocycles. The number of nitrogens with one attached hydrogen (secondary N) is 2. The summed E-state index contributed by atoms with van der Waals surface area (Å²) in [5.41, 5.74) is 3.94. The van der Waals surface area contributed by atoms with E-state index in [1.165, 1.54) is 12.1 Å². The fourth-order valence-electron chi connectivity index (χ4n) is 1.30. The molecule has 0 heterocycles. The first-order chi connectivity index (χ1) is 7.04. The normalized spacial score (nSPS) is 10.2. The molecule has 0 amide bonds. The highest BCUT2D eigenvalue weighted by Crippen LogP contribution is 2.24. The van der Waals surface area contributed by atoms with Crippen LogP contribution in [0, 0.1) is 5.82 Å². The Bertz CT molecular complexity index is 366. The van der Waals surface area contributed by atoms with Gasteiger partial charge in [0.2, 0.25) is 0 Å². The zero-order valence-corrected chi connectivity index (χ0v) is 9.49. The predicted octanol–water partition coefficient (Wildman–Crippen LogP) is 2.11. The number of thiocarbonyl (C=S) groups is 1. The minimum atomic E-state index is -0.304. The van der Waals surface area contributed by atoms with Crippen molar-refractivity contribution < 1.29 is 4.39 Å². The molecule has 3 nitrogen and oxygen atoms in total. The largest absolute Gasteiger partial charge is 0.331 e. The summed E-state index contributed by atoms with van der Waals surface area (Å²) in [5, 5.41) is 3.10. The minimum absolute atomic E-state index is 0.266. The van der Waals surface area contributed by atoms with Crippen LogP contribution in [0.2, 0.25) is 0 Å². The lowest BCUT2D eigenvalue weighted by Crippen LogP contribution is -2.34. The molecule has 0 aliphatic rings. The van der Waals surface area contributed by atoms with Crippen molar-refractivity contribution in [2.24, 2.45) is 5.84 Å². The van der Waals surface area contributed by atoms with E-state index in [1.807, 2.05) is 13.8 Å². The molecule has 0 aliphatic carbocycles. The van der Waals surface area contributed by atoms with E-state index in [-0.39, 0.29) is 16.8 Å². The van der Waals surface area contributed by atoms with Crippen molar-refractivity contribution in [3.8, 4) is 0 Å². The highest BCUT2D eigenvalue weighted by atomic mass is 32.1. The fourth-order valence-corrected chi connectivity index (χ4v) is 1.41. The van der Waals surface area contributed by atoms with Gasteiger partial charge in [0.1, 0.15) is 5.82 Å². The standard InChI is InChI=1S/C10H14FN3S/c1-6(2)8-4-3-7(11)5-9(8)13-10(15)14-12/h3-6H,12H2,1-2H3,(H2,13,14,15). The number of benzene rings is 1. The first-order valence-corrected chi connectivity index (χ1v) is 5.02. The average molecular weight is 227 g/mol. The van der Waals surface area contributed by atoms with Gasteiger partial charge in [-0.05, 0) is 35.8 Å². The third-order valence-electron chi connectivity index (χ3n) is 2.02. The van der Waals surface area contributed by atoms with Crippen molar-refractivity contribution in [2.75, 3.05) is 5.32 Å². The molecule has 0 aromatic heterocycles. The van der Waals surface area contributed by atoms with Crippen molar-refractivity contribution in [1.82, 2.24) is 5.43 Å². The quantitative estimate of drug-likeness (QED) is 0.411. The molecule has 4 N–H and O–H groups in total. The summed E-state index contributed by atoms with van der Waals surface area (Å²) in [6, 6.07) is 4.57. The van der Waals surface area contributed by atoms with Crippen LogP contribution < -0.4 is 16.6 Å². The number of halogens is 1. The van der Waals surface area contributed by atoms with Crippen LogP contribution in [0.25, 0.3) is 0 Å². The first kappa shape index (κ1) is 11.9. The Morgan fingerprint density at radius 1 is 1.47 bits per heavy atom. The molecule has 5 heteroatoms. The van der Waals surface area contributed by atoms with Crippen LogP contribution in [-0.2, 0) is 0 Å². The van der Waals surface area contributed by atoms with E-state index in [4.69, 9.17) is 18.1 Å². The van der Waals surface area contributed by atoms with E-state index < -0.39 is 0 Å². The van der Waals surface area contributed by atoms with E-state index in [0.29, 0.717) is 5.69 Å². The molecular weight excluding hydrogens is 213 g/mol. The summed E-state index contributed by atoms with van der Waals surface area (Å²) in [6.07, 6.45) is 0. The zero-order valence-electron chi connectivity index (χ0n) is 8.67. The molecule has 0 spiro atoms. The third-order valence-corrected chi connectivity index (χ3v) is 2.24. The summed E-state index contributed by atoms with van der Waals surface area (Å²) in [4.78, 5) is 0. The maximum absolute atomic E-state index is 13.0. The smallest absolute Gasteiger partial charge is 0.185 e. The van der Waals surface area contributed by atoms with Crippen molar-refractivity contribution in [2.45, 2.75) is 19.8 Å². The van der Waals surface area contributed by atoms with Crippen LogP contribution in [0.15, 0.2) is 18.2 Å². The summed E-state index contributed by atoms with van der Waals surface area (Å²) in [7, 11) is 0. The molecule has 0 saturated carbocycles. The van der Waals surface area contributed by atoms with E-state index in [2.05, 4.69) is 10.7 Å². The second-order valence-corrected chi connectivity index (χ2v) is 3.89. The van der Waals surface area contributed by atoms with Crippen LogP contribution in [0.3, 0.4) is 0 Å². The molecule has 1 aromatic rings. The van der Waals surface area contributed by atoms with E-state index in [1.54, 1.807) is 6.07 Å². The first-order valence-electron chi connectivity index (χ1n) is 4.61. The van der Waals surface area contributed by atoms with Gasteiger partial charge in [-0.1, -0.05) is 19.9 Å². The van der Waals surface area contributed by atoms with Gasteiger partial charge in [-0.25, -0.2) is 10.2 Å². The molecule has 0 atom stereocenters. The number of anilines is 1. The van der Waals surface area contributed by atoms with Crippen LogP contribution in [-0.4, -0.2) is 5.11 Å². The molecular formula is C10H14FN3S. The van der Waals surface area contributed by atoms with E-state index in [0.717, 1.165) is 5.56 Å². The number of hydrogen-bond acceptors (Lipinski definition) is 2. The summed E-state index contributed by atoms with van der Waals surface area (Å²) in [5.74, 6) is 5.12. The predicted molar refractivity (Wildman–Crippen MR) is 64.0 cm³/mol. The van der Waals surface area contributed by atoms with E-state index in [9.17, 15) is 4.39 Å². The molecule has 82 valence electrons. The number of hydrogen-bond donors (Lipinski definition) is 3.